The Morgan fingerprint density at radius 3 is 2.27 bits per heavy atom. The van der Waals surface area contributed by atoms with E-state index in [4.69, 9.17) is 9.47 Å². The van der Waals surface area contributed by atoms with E-state index in [1.807, 2.05) is 114 Å². The van der Waals surface area contributed by atoms with Gasteiger partial charge in [0.05, 0.1) is 18.8 Å². The lowest BCUT2D eigenvalue weighted by Crippen LogP contribution is -2.52. The normalized spacial score (nSPS) is 16.7. The molecule has 0 N–H and O–H groups in total. The molecule has 9 rings (SSSR count). The van der Waals surface area contributed by atoms with Gasteiger partial charge in [-0.15, -0.1) is 0 Å². The van der Waals surface area contributed by atoms with Crippen molar-refractivity contribution in [2.45, 2.75) is 38.9 Å². The van der Waals surface area contributed by atoms with Crippen molar-refractivity contribution in [1.29, 1.82) is 0 Å². The molecule has 59 heavy (non-hydrogen) atoms. The second-order valence-electron chi connectivity index (χ2n) is 16.0. The Labute approximate surface area is 345 Å². The van der Waals surface area contributed by atoms with Gasteiger partial charge in [0.1, 0.15) is 5.75 Å². The van der Waals surface area contributed by atoms with Gasteiger partial charge in [0, 0.05) is 87.6 Å². The third-order valence-electron chi connectivity index (χ3n) is 12.4. The molecule has 300 valence electrons. The van der Waals surface area contributed by atoms with Gasteiger partial charge < -0.3 is 28.7 Å². The smallest absolute Gasteiger partial charge is 0.410 e. The minimum absolute atomic E-state index is 0.0559. The Bertz CT molecular complexity index is 2560. The van der Waals surface area contributed by atoms with Crippen molar-refractivity contribution in [2.24, 2.45) is 7.05 Å². The number of ether oxygens (including phenoxy) is 2. The summed E-state index contributed by atoms with van der Waals surface area (Å²) in [4.78, 5) is 51.0. The molecular weight excluding hydrogens is 739 g/mol. The summed E-state index contributed by atoms with van der Waals surface area (Å²) in [6.07, 6.45) is 0.915. The van der Waals surface area contributed by atoms with Crippen LogP contribution in [0.5, 0.6) is 5.75 Å². The number of rotatable bonds is 7. The molecule has 0 spiro atoms. The van der Waals surface area contributed by atoms with Crippen molar-refractivity contribution in [2.75, 3.05) is 51.3 Å². The third kappa shape index (κ3) is 7.61. The molecule has 1 aromatic heterocycles. The quantitative estimate of drug-likeness (QED) is 0.164. The summed E-state index contributed by atoms with van der Waals surface area (Å²) < 4.78 is 13.6. The number of para-hydroxylation sites is 1. The molecular formula is C49H49N5O5. The highest BCUT2D eigenvalue weighted by Gasteiger charge is 2.35. The van der Waals surface area contributed by atoms with Crippen LogP contribution in [-0.4, -0.2) is 89.7 Å². The van der Waals surface area contributed by atoms with Gasteiger partial charge in [-0.3, -0.25) is 14.5 Å². The van der Waals surface area contributed by atoms with Gasteiger partial charge in [-0.25, -0.2) is 4.79 Å². The molecule has 5 aromatic carbocycles. The molecule has 3 aliphatic heterocycles. The predicted octanol–water partition coefficient (Wildman–Crippen LogP) is 7.89. The van der Waals surface area contributed by atoms with E-state index in [2.05, 4.69) is 29.2 Å². The summed E-state index contributed by atoms with van der Waals surface area (Å²) in [7, 11) is 3.75. The first kappa shape index (κ1) is 38.3. The lowest BCUT2D eigenvalue weighted by Gasteiger charge is -2.41. The van der Waals surface area contributed by atoms with Crippen LogP contribution in [0.25, 0.3) is 22.0 Å². The highest BCUT2D eigenvalue weighted by atomic mass is 16.6. The molecule has 0 radical (unpaired) electrons. The van der Waals surface area contributed by atoms with E-state index in [0.717, 1.165) is 76.2 Å². The zero-order valence-corrected chi connectivity index (χ0v) is 33.9. The number of benzene rings is 5. The number of anilines is 1. The number of hydrogen-bond acceptors (Lipinski definition) is 6. The molecule has 3 aliphatic rings. The average Bonchev–Trinajstić information content (AvgIpc) is 3.57. The number of carbonyl (C=O) groups is 3. The van der Waals surface area contributed by atoms with Crippen LogP contribution in [0.15, 0.2) is 115 Å². The van der Waals surface area contributed by atoms with Gasteiger partial charge in [-0.05, 0) is 95.3 Å². The number of nitrogens with zero attached hydrogens (tertiary/aromatic N) is 5. The summed E-state index contributed by atoms with van der Waals surface area (Å²) >= 11 is 0. The van der Waals surface area contributed by atoms with Gasteiger partial charge in [0.15, 0.2) is 0 Å². The maximum Gasteiger partial charge on any atom is 0.415 e. The highest BCUT2D eigenvalue weighted by molar-refractivity contribution is 6.08. The van der Waals surface area contributed by atoms with E-state index >= 15 is 4.79 Å². The minimum Gasteiger partial charge on any atom is -0.410 e. The Balaban J connectivity index is 1.09. The maximum absolute atomic E-state index is 15.4. The van der Waals surface area contributed by atoms with Crippen LogP contribution >= 0.6 is 0 Å². The molecule has 0 saturated carbocycles. The summed E-state index contributed by atoms with van der Waals surface area (Å²) in [5.74, 6) is 0.296. The maximum atomic E-state index is 15.4. The van der Waals surface area contributed by atoms with Crippen molar-refractivity contribution < 1.29 is 23.9 Å². The van der Waals surface area contributed by atoms with Crippen LogP contribution in [0.2, 0.25) is 0 Å². The largest absolute Gasteiger partial charge is 0.415 e. The molecule has 1 saturated heterocycles. The van der Waals surface area contributed by atoms with Gasteiger partial charge in [0.2, 0.25) is 0 Å². The van der Waals surface area contributed by atoms with E-state index < -0.39 is 6.09 Å². The topological polar surface area (TPSA) is 87.6 Å². The van der Waals surface area contributed by atoms with Crippen molar-refractivity contribution in [3.63, 3.8) is 0 Å². The van der Waals surface area contributed by atoms with Crippen molar-refractivity contribution in [1.82, 2.24) is 19.3 Å². The summed E-state index contributed by atoms with van der Waals surface area (Å²) in [5.41, 5.74) is 8.69. The zero-order chi connectivity index (χ0) is 40.6. The fraction of sp³-hybridized carbons (Fsp3) is 0.286. The van der Waals surface area contributed by atoms with E-state index in [0.29, 0.717) is 56.1 Å². The Kier molecular flexibility index (Phi) is 10.5. The molecule has 3 amide bonds. The van der Waals surface area contributed by atoms with E-state index in [1.54, 1.807) is 16.8 Å². The molecule has 0 aliphatic carbocycles. The van der Waals surface area contributed by atoms with Crippen molar-refractivity contribution in [3.05, 3.63) is 154 Å². The molecule has 1 atom stereocenters. The monoisotopic (exact) mass is 787 g/mol. The van der Waals surface area contributed by atoms with E-state index in [-0.39, 0.29) is 17.9 Å². The van der Waals surface area contributed by atoms with Crippen molar-refractivity contribution in [3.8, 4) is 17.0 Å². The first-order valence-electron chi connectivity index (χ1n) is 20.5. The van der Waals surface area contributed by atoms with Crippen LogP contribution in [0.3, 0.4) is 0 Å². The highest BCUT2D eigenvalue weighted by Crippen LogP contribution is 2.36. The fourth-order valence-corrected chi connectivity index (χ4v) is 8.90. The number of amides is 3. The molecule has 6 aromatic rings. The van der Waals surface area contributed by atoms with Crippen LogP contribution < -0.4 is 9.64 Å². The Morgan fingerprint density at radius 1 is 0.746 bits per heavy atom. The lowest BCUT2D eigenvalue weighted by molar-refractivity contribution is 0.0193. The number of morpholine rings is 1. The van der Waals surface area contributed by atoms with Gasteiger partial charge in [-0.1, -0.05) is 72.8 Å². The first-order chi connectivity index (χ1) is 28.7. The summed E-state index contributed by atoms with van der Waals surface area (Å²) in [6.45, 7) is 6.97. The number of hydrogen-bond donors (Lipinski definition) is 0. The SMILES string of the molecule is Cc1c(C(=O)N(C)c2ccccc2)cc(-c2cc3c(cc2C(=O)N2Cc4ccccc4C[C@H]2CN2CCOCC2)CN(C(=O)Oc2ccc4ccccc4c2)CC3)n1C. The Hall–Kier alpha value is -6.23. The van der Waals surface area contributed by atoms with Crippen molar-refractivity contribution >= 4 is 34.4 Å². The second-order valence-corrected chi connectivity index (χ2v) is 16.0. The minimum atomic E-state index is -0.426. The number of fused-ring (bicyclic) bond motifs is 3. The van der Waals surface area contributed by atoms with E-state index in [1.165, 1.54) is 5.56 Å². The standard InChI is InChI=1S/C49H49N5O5/c1-33-43(47(55)51(3)40-15-5-4-6-16-40)29-46(50(33)2)44-27-37-19-20-53(49(57)59-42-18-17-34-11-7-8-13-36(34)26-42)30-39(37)28-45(44)48(56)54-31-38-14-10-9-12-35(38)25-41(54)32-52-21-23-58-24-22-52/h4-18,26-29,41H,19-25,30-32H2,1-3H3/t41-/m0/s1. The van der Waals surface area contributed by atoms with Crippen LogP contribution in [0.1, 0.15) is 48.7 Å². The number of carbonyl (C=O) groups excluding carboxylic acids is 3. The molecule has 0 unspecified atom stereocenters. The lowest BCUT2D eigenvalue weighted by atomic mass is 9.89. The molecule has 1 fully saturated rings. The first-order valence-corrected chi connectivity index (χ1v) is 20.5. The fourth-order valence-electron chi connectivity index (χ4n) is 8.90. The van der Waals surface area contributed by atoms with Crippen LogP contribution in [-0.2, 0) is 37.7 Å². The van der Waals surface area contributed by atoms with Crippen LogP contribution in [0.4, 0.5) is 10.5 Å². The van der Waals surface area contributed by atoms with Gasteiger partial charge in [-0.2, -0.15) is 0 Å². The number of aromatic nitrogens is 1. The van der Waals surface area contributed by atoms with E-state index in [9.17, 15) is 9.59 Å². The summed E-state index contributed by atoms with van der Waals surface area (Å²) in [5, 5.41) is 2.07. The van der Waals surface area contributed by atoms with Crippen LogP contribution in [0, 0.1) is 6.92 Å². The Morgan fingerprint density at radius 2 is 1.47 bits per heavy atom. The summed E-state index contributed by atoms with van der Waals surface area (Å²) in [6, 6.07) is 37.7. The van der Waals surface area contributed by atoms with Gasteiger partial charge >= 0.3 is 6.09 Å². The molecule has 4 heterocycles. The second kappa shape index (κ2) is 16.2. The zero-order valence-electron chi connectivity index (χ0n) is 33.9. The molecule has 10 nitrogen and oxygen atoms in total. The average molecular weight is 788 g/mol. The van der Waals surface area contributed by atoms with Gasteiger partial charge in [0.25, 0.3) is 11.8 Å². The molecule has 0 bridgehead atoms. The predicted molar refractivity (Wildman–Crippen MR) is 230 cm³/mol. The molecule has 10 heteroatoms. The third-order valence-corrected chi connectivity index (χ3v) is 12.4.